The molecule has 0 aromatic carbocycles. The number of aromatic nitrogens is 2. The van der Waals surface area contributed by atoms with Crippen LogP contribution in [0.2, 0.25) is 0 Å². The highest BCUT2D eigenvalue weighted by atomic mass is 127. The summed E-state index contributed by atoms with van der Waals surface area (Å²) in [7, 11) is 2.21. The highest BCUT2D eigenvalue weighted by Crippen LogP contribution is 2.23. The zero-order valence-electron chi connectivity index (χ0n) is 10.4. The van der Waals surface area contributed by atoms with Crippen LogP contribution in [0.25, 0.3) is 0 Å². The molecule has 0 saturated carbocycles. The summed E-state index contributed by atoms with van der Waals surface area (Å²) in [6.45, 7) is 5.64. The number of hydrogen-bond acceptors (Lipinski definition) is 4. The third kappa shape index (κ3) is 3.07. The summed E-state index contributed by atoms with van der Waals surface area (Å²) in [5.74, 6) is 1.10. The Morgan fingerprint density at radius 3 is 3.00 bits per heavy atom. The van der Waals surface area contributed by atoms with Crippen LogP contribution in [0.1, 0.15) is 19.8 Å². The molecule has 1 fully saturated rings. The van der Waals surface area contributed by atoms with Crippen LogP contribution in [0, 0.1) is 3.57 Å². The molecule has 0 N–H and O–H groups in total. The lowest BCUT2D eigenvalue weighted by Crippen LogP contribution is -2.40. The third-order valence-electron chi connectivity index (χ3n) is 3.29. The topological polar surface area (TPSA) is 32.3 Å². The van der Waals surface area contributed by atoms with Crippen molar-refractivity contribution >= 4 is 28.4 Å². The third-order valence-corrected chi connectivity index (χ3v) is 4.05. The Kier molecular flexibility index (Phi) is 4.55. The van der Waals surface area contributed by atoms with Gasteiger partial charge in [-0.05, 0) is 49.0 Å². The Morgan fingerprint density at radius 1 is 1.47 bits per heavy atom. The molecule has 5 heteroatoms. The summed E-state index contributed by atoms with van der Waals surface area (Å²) in [4.78, 5) is 13.4. The Balaban J connectivity index is 2.25. The van der Waals surface area contributed by atoms with Crippen molar-refractivity contribution in [3.63, 3.8) is 0 Å². The minimum Gasteiger partial charge on any atom is -0.351 e. The summed E-state index contributed by atoms with van der Waals surface area (Å²) in [6, 6.07) is 0.561. The van der Waals surface area contributed by atoms with E-state index < -0.39 is 0 Å². The van der Waals surface area contributed by atoms with Crippen molar-refractivity contribution < 1.29 is 0 Å². The van der Waals surface area contributed by atoms with E-state index in [1.807, 2.05) is 6.20 Å². The largest absolute Gasteiger partial charge is 0.351 e. The van der Waals surface area contributed by atoms with Crippen LogP contribution < -0.4 is 4.90 Å². The van der Waals surface area contributed by atoms with Crippen molar-refractivity contribution in [2.75, 3.05) is 31.6 Å². The van der Waals surface area contributed by atoms with Crippen LogP contribution in [0.4, 0.5) is 5.82 Å². The minimum atomic E-state index is 0.561. The van der Waals surface area contributed by atoms with E-state index in [0.717, 1.165) is 28.9 Å². The Labute approximate surface area is 117 Å². The Bertz CT molecular complexity index is 371. The van der Waals surface area contributed by atoms with E-state index in [-0.39, 0.29) is 0 Å². The molecule has 0 bridgehead atoms. The summed E-state index contributed by atoms with van der Waals surface area (Å²) >= 11 is 2.33. The Hall–Kier alpha value is -0.430. The van der Waals surface area contributed by atoms with Gasteiger partial charge in [0.2, 0.25) is 0 Å². The molecule has 1 aliphatic heterocycles. The zero-order chi connectivity index (χ0) is 12.3. The van der Waals surface area contributed by atoms with Crippen molar-refractivity contribution in [3.8, 4) is 0 Å². The second-order valence-electron chi connectivity index (χ2n) is 4.57. The number of hydrogen-bond donors (Lipinski definition) is 0. The van der Waals surface area contributed by atoms with Crippen molar-refractivity contribution in [2.24, 2.45) is 0 Å². The molecular weight excluding hydrogens is 327 g/mol. The summed E-state index contributed by atoms with van der Waals surface area (Å²) in [5.41, 5.74) is 0. The molecule has 0 amide bonds. The highest BCUT2D eigenvalue weighted by molar-refractivity contribution is 14.1. The Morgan fingerprint density at radius 2 is 2.29 bits per heavy atom. The van der Waals surface area contributed by atoms with Crippen LogP contribution >= 0.6 is 22.6 Å². The van der Waals surface area contributed by atoms with Gasteiger partial charge in [0.05, 0.1) is 3.57 Å². The van der Waals surface area contributed by atoms with Gasteiger partial charge in [0, 0.05) is 25.3 Å². The second kappa shape index (κ2) is 5.95. The van der Waals surface area contributed by atoms with Gasteiger partial charge in [0.15, 0.2) is 0 Å². The van der Waals surface area contributed by atoms with Crippen LogP contribution in [-0.4, -0.2) is 47.6 Å². The number of halogens is 1. The maximum Gasteiger partial charge on any atom is 0.145 e. The smallest absolute Gasteiger partial charge is 0.145 e. The maximum absolute atomic E-state index is 4.46. The molecular formula is C12H19IN4. The molecule has 1 saturated heterocycles. The van der Waals surface area contributed by atoms with Crippen molar-refractivity contribution in [3.05, 3.63) is 16.1 Å². The number of likely N-dealkylation sites (N-methyl/N-ethyl adjacent to an activating group) is 1. The van der Waals surface area contributed by atoms with E-state index in [1.165, 1.54) is 13.0 Å². The minimum absolute atomic E-state index is 0.561. The van der Waals surface area contributed by atoms with E-state index >= 15 is 0 Å². The molecule has 1 aromatic rings. The molecule has 94 valence electrons. The quantitative estimate of drug-likeness (QED) is 0.767. The van der Waals surface area contributed by atoms with E-state index in [0.29, 0.717) is 6.04 Å². The van der Waals surface area contributed by atoms with Gasteiger partial charge in [-0.1, -0.05) is 6.92 Å². The molecule has 17 heavy (non-hydrogen) atoms. The van der Waals surface area contributed by atoms with Gasteiger partial charge in [-0.25, -0.2) is 9.97 Å². The molecule has 2 rings (SSSR count). The van der Waals surface area contributed by atoms with Gasteiger partial charge in [0.25, 0.3) is 0 Å². The second-order valence-corrected chi connectivity index (χ2v) is 5.73. The van der Waals surface area contributed by atoms with Gasteiger partial charge in [-0.3, -0.25) is 0 Å². The van der Waals surface area contributed by atoms with Gasteiger partial charge in [0.1, 0.15) is 12.1 Å². The van der Waals surface area contributed by atoms with Gasteiger partial charge >= 0.3 is 0 Å². The lowest BCUT2D eigenvalue weighted by molar-refractivity contribution is 0.327. The predicted molar refractivity (Wildman–Crippen MR) is 78.3 cm³/mol. The molecule has 1 aromatic heterocycles. The van der Waals surface area contributed by atoms with Gasteiger partial charge in [-0.15, -0.1) is 0 Å². The van der Waals surface area contributed by atoms with E-state index in [2.05, 4.69) is 56.3 Å². The monoisotopic (exact) mass is 346 g/mol. The first-order valence-electron chi connectivity index (χ1n) is 6.13. The van der Waals surface area contributed by atoms with Crippen molar-refractivity contribution in [1.82, 2.24) is 14.9 Å². The average Bonchev–Trinajstić information content (AvgIpc) is 2.51. The molecule has 0 spiro atoms. The fourth-order valence-electron chi connectivity index (χ4n) is 2.39. The SMILES string of the molecule is CCC1CN(C)CCCN1c1ncncc1I. The molecule has 1 unspecified atom stereocenters. The van der Waals surface area contributed by atoms with E-state index in [4.69, 9.17) is 0 Å². The van der Waals surface area contributed by atoms with Crippen LogP contribution in [0.3, 0.4) is 0 Å². The van der Waals surface area contributed by atoms with Crippen molar-refractivity contribution in [2.45, 2.75) is 25.8 Å². The molecule has 1 aliphatic rings. The first kappa shape index (κ1) is 13.0. The number of rotatable bonds is 2. The standard InChI is InChI=1S/C12H19IN4/c1-3-10-8-16(2)5-4-6-17(10)12-11(13)7-14-9-15-12/h7,9-10H,3-6,8H2,1-2H3. The zero-order valence-corrected chi connectivity index (χ0v) is 12.6. The molecule has 0 aliphatic carbocycles. The normalized spacial score (nSPS) is 22.5. The van der Waals surface area contributed by atoms with Gasteiger partial charge in [-0.2, -0.15) is 0 Å². The van der Waals surface area contributed by atoms with Crippen molar-refractivity contribution in [1.29, 1.82) is 0 Å². The maximum atomic E-state index is 4.46. The molecule has 0 radical (unpaired) electrons. The van der Waals surface area contributed by atoms with Crippen LogP contribution in [0.5, 0.6) is 0 Å². The molecule has 1 atom stereocenters. The summed E-state index contributed by atoms with van der Waals surface area (Å²) < 4.78 is 1.15. The summed E-state index contributed by atoms with van der Waals surface area (Å²) in [5, 5.41) is 0. The lowest BCUT2D eigenvalue weighted by atomic mass is 10.2. The number of anilines is 1. The lowest BCUT2D eigenvalue weighted by Gasteiger charge is -2.31. The fraction of sp³-hybridized carbons (Fsp3) is 0.667. The fourth-order valence-corrected chi connectivity index (χ4v) is 3.00. The number of nitrogens with zero attached hydrogens (tertiary/aromatic N) is 4. The predicted octanol–water partition coefficient (Wildman–Crippen LogP) is 2.00. The average molecular weight is 346 g/mol. The van der Waals surface area contributed by atoms with E-state index in [1.54, 1.807) is 6.33 Å². The van der Waals surface area contributed by atoms with Crippen LogP contribution in [0.15, 0.2) is 12.5 Å². The molecule has 2 heterocycles. The highest BCUT2D eigenvalue weighted by Gasteiger charge is 2.24. The van der Waals surface area contributed by atoms with Crippen LogP contribution in [-0.2, 0) is 0 Å². The van der Waals surface area contributed by atoms with E-state index in [9.17, 15) is 0 Å². The first-order valence-corrected chi connectivity index (χ1v) is 7.21. The first-order chi connectivity index (χ1) is 8.22. The molecule has 4 nitrogen and oxygen atoms in total. The van der Waals surface area contributed by atoms with Gasteiger partial charge < -0.3 is 9.80 Å². The summed E-state index contributed by atoms with van der Waals surface area (Å²) in [6.07, 6.45) is 5.90.